The van der Waals surface area contributed by atoms with Crippen LogP contribution >= 0.6 is 0 Å². The molecule has 0 aliphatic carbocycles. The van der Waals surface area contributed by atoms with E-state index in [9.17, 15) is 27.6 Å². The molecule has 3 amide bonds. The van der Waals surface area contributed by atoms with E-state index in [1.165, 1.54) is 12.1 Å². The molecular formula is C22H24F3N3O3. The second kappa shape index (κ2) is 10.6. The zero-order valence-corrected chi connectivity index (χ0v) is 17.3. The van der Waals surface area contributed by atoms with Gasteiger partial charge in [0.15, 0.2) is 5.78 Å². The number of para-hydroxylation sites is 1. The molecule has 2 rings (SSSR count). The van der Waals surface area contributed by atoms with E-state index in [1.54, 1.807) is 34.3 Å². The molecule has 0 bridgehead atoms. The predicted molar refractivity (Wildman–Crippen MR) is 111 cm³/mol. The molecular weight excluding hydrogens is 411 g/mol. The van der Waals surface area contributed by atoms with Crippen LogP contribution in [0.2, 0.25) is 0 Å². The van der Waals surface area contributed by atoms with Gasteiger partial charge in [0, 0.05) is 24.8 Å². The third kappa shape index (κ3) is 6.84. The van der Waals surface area contributed by atoms with Gasteiger partial charge < -0.3 is 10.2 Å². The number of urea groups is 1. The first-order valence-corrected chi connectivity index (χ1v) is 9.68. The highest BCUT2D eigenvalue weighted by Gasteiger charge is 2.38. The highest BCUT2D eigenvalue weighted by Crippen LogP contribution is 2.19. The molecule has 0 aromatic heterocycles. The SMILES string of the molecule is CCCN(C)C(=O)N(Cc1ccc(C(=O)CNC(=O)C(F)(F)F)cc1)c1ccccc1. The van der Waals surface area contributed by atoms with E-state index in [4.69, 9.17) is 0 Å². The zero-order valence-electron chi connectivity index (χ0n) is 17.3. The summed E-state index contributed by atoms with van der Waals surface area (Å²) in [5.41, 5.74) is 1.61. The van der Waals surface area contributed by atoms with Gasteiger partial charge in [0.1, 0.15) is 0 Å². The molecule has 0 unspecified atom stereocenters. The molecule has 2 aromatic carbocycles. The largest absolute Gasteiger partial charge is 0.471 e. The molecule has 0 radical (unpaired) electrons. The molecule has 0 spiro atoms. The van der Waals surface area contributed by atoms with Crippen molar-refractivity contribution in [3.05, 3.63) is 65.7 Å². The number of Topliss-reactive ketones (excluding diaryl/α,β-unsaturated/α-hetero) is 1. The number of hydrogen-bond acceptors (Lipinski definition) is 3. The van der Waals surface area contributed by atoms with Gasteiger partial charge in [-0.3, -0.25) is 14.5 Å². The minimum Gasteiger partial charge on any atom is -0.341 e. The Kier molecular flexibility index (Phi) is 8.18. The van der Waals surface area contributed by atoms with Crippen molar-refractivity contribution in [1.82, 2.24) is 10.2 Å². The van der Waals surface area contributed by atoms with E-state index in [2.05, 4.69) is 0 Å². The normalized spacial score (nSPS) is 11.0. The highest BCUT2D eigenvalue weighted by molar-refractivity contribution is 5.99. The molecule has 0 heterocycles. The second-order valence-corrected chi connectivity index (χ2v) is 6.93. The van der Waals surface area contributed by atoms with Crippen molar-refractivity contribution in [1.29, 1.82) is 0 Å². The Balaban J connectivity index is 2.11. The van der Waals surface area contributed by atoms with E-state index in [0.717, 1.165) is 12.0 Å². The van der Waals surface area contributed by atoms with Gasteiger partial charge in [-0.05, 0) is 24.1 Å². The van der Waals surface area contributed by atoms with Gasteiger partial charge in [-0.1, -0.05) is 49.4 Å². The summed E-state index contributed by atoms with van der Waals surface area (Å²) in [6.45, 7) is 2.06. The van der Waals surface area contributed by atoms with Gasteiger partial charge in [0.05, 0.1) is 13.1 Å². The maximum atomic E-state index is 12.9. The Labute approximate surface area is 178 Å². The molecule has 0 fully saturated rings. The summed E-state index contributed by atoms with van der Waals surface area (Å²) in [6, 6.07) is 15.1. The lowest BCUT2D eigenvalue weighted by molar-refractivity contribution is -0.173. The number of nitrogens with zero attached hydrogens (tertiary/aromatic N) is 2. The number of halogens is 3. The van der Waals surface area contributed by atoms with Gasteiger partial charge in [-0.15, -0.1) is 0 Å². The first-order chi connectivity index (χ1) is 14.6. The van der Waals surface area contributed by atoms with Crippen LogP contribution in [0.3, 0.4) is 0 Å². The lowest BCUT2D eigenvalue weighted by Gasteiger charge is -2.28. The summed E-state index contributed by atoms with van der Waals surface area (Å²) in [7, 11) is 1.72. The molecule has 0 saturated heterocycles. The lowest BCUT2D eigenvalue weighted by Crippen LogP contribution is -2.41. The molecule has 31 heavy (non-hydrogen) atoms. The van der Waals surface area contributed by atoms with E-state index in [-0.39, 0.29) is 18.1 Å². The average molecular weight is 435 g/mol. The zero-order chi connectivity index (χ0) is 23.0. The fourth-order valence-corrected chi connectivity index (χ4v) is 2.86. The molecule has 0 atom stereocenters. The van der Waals surface area contributed by atoms with Crippen molar-refractivity contribution in [2.24, 2.45) is 0 Å². The van der Waals surface area contributed by atoms with Crippen molar-refractivity contribution in [2.75, 3.05) is 25.0 Å². The van der Waals surface area contributed by atoms with Gasteiger partial charge in [0.25, 0.3) is 0 Å². The minimum absolute atomic E-state index is 0.159. The van der Waals surface area contributed by atoms with Crippen LogP contribution in [0.25, 0.3) is 0 Å². The van der Waals surface area contributed by atoms with Crippen LogP contribution < -0.4 is 10.2 Å². The molecule has 6 nitrogen and oxygen atoms in total. The number of hydrogen-bond donors (Lipinski definition) is 1. The standard InChI is InChI=1S/C22H24F3N3O3/c1-3-13-27(2)21(31)28(18-7-5-4-6-8-18)15-16-9-11-17(12-10-16)19(29)14-26-20(30)22(23,24)25/h4-12H,3,13-15H2,1-2H3,(H,26,30). The highest BCUT2D eigenvalue weighted by atomic mass is 19.4. The van der Waals surface area contributed by atoms with Gasteiger partial charge in [0.2, 0.25) is 0 Å². The fraction of sp³-hybridized carbons (Fsp3) is 0.318. The Bertz CT molecular complexity index is 900. The molecule has 0 aliphatic rings. The second-order valence-electron chi connectivity index (χ2n) is 6.93. The van der Waals surface area contributed by atoms with Crippen LogP contribution in [-0.4, -0.2) is 48.9 Å². The monoisotopic (exact) mass is 435 g/mol. The van der Waals surface area contributed by atoms with Gasteiger partial charge >= 0.3 is 18.1 Å². The molecule has 2 aromatic rings. The van der Waals surface area contributed by atoms with Crippen LogP contribution in [-0.2, 0) is 11.3 Å². The number of nitrogens with one attached hydrogen (secondary N) is 1. The number of benzene rings is 2. The van der Waals surface area contributed by atoms with Gasteiger partial charge in [-0.2, -0.15) is 13.2 Å². The van der Waals surface area contributed by atoms with Crippen molar-refractivity contribution in [3.63, 3.8) is 0 Å². The van der Waals surface area contributed by atoms with Crippen molar-refractivity contribution in [3.8, 4) is 0 Å². The van der Waals surface area contributed by atoms with Crippen LogP contribution in [0.1, 0.15) is 29.3 Å². The summed E-state index contributed by atoms with van der Waals surface area (Å²) in [4.78, 5) is 39.0. The van der Waals surface area contributed by atoms with Crippen LogP contribution in [0.15, 0.2) is 54.6 Å². The van der Waals surface area contributed by atoms with Crippen LogP contribution in [0.5, 0.6) is 0 Å². The van der Waals surface area contributed by atoms with Crippen LogP contribution in [0, 0.1) is 0 Å². The van der Waals surface area contributed by atoms with Gasteiger partial charge in [-0.25, -0.2) is 4.79 Å². The Hall–Kier alpha value is -3.36. The number of carbonyl (C=O) groups excluding carboxylic acids is 3. The summed E-state index contributed by atoms with van der Waals surface area (Å²) < 4.78 is 36.7. The number of amides is 3. The Morgan fingerprint density at radius 1 is 0.968 bits per heavy atom. The van der Waals surface area contributed by atoms with E-state index >= 15 is 0 Å². The number of alkyl halides is 3. The molecule has 0 aliphatic heterocycles. The number of anilines is 1. The van der Waals surface area contributed by atoms with E-state index < -0.39 is 24.4 Å². The Morgan fingerprint density at radius 2 is 1.58 bits per heavy atom. The Morgan fingerprint density at radius 3 is 2.13 bits per heavy atom. The number of rotatable bonds is 8. The summed E-state index contributed by atoms with van der Waals surface area (Å²) >= 11 is 0. The smallest absolute Gasteiger partial charge is 0.341 e. The number of carbonyl (C=O) groups is 3. The molecule has 0 saturated carbocycles. The quantitative estimate of drug-likeness (QED) is 0.637. The van der Waals surface area contributed by atoms with Crippen molar-refractivity contribution >= 4 is 23.4 Å². The first-order valence-electron chi connectivity index (χ1n) is 9.68. The number of ketones is 1. The maximum absolute atomic E-state index is 12.9. The lowest BCUT2D eigenvalue weighted by atomic mass is 10.1. The summed E-state index contributed by atoms with van der Waals surface area (Å²) in [5.74, 6) is -2.81. The maximum Gasteiger partial charge on any atom is 0.471 e. The third-order valence-corrected chi connectivity index (χ3v) is 4.47. The summed E-state index contributed by atoms with van der Waals surface area (Å²) in [6.07, 6.45) is -4.23. The topological polar surface area (TPSA) is 69.7 Å². The van der Waals surface area contributed by atoms with E-state index in [1.807, 2.05) is 37.3 Å². The average Bonchev–Trinajstić information content (AvgIpc) is 2.75. The molecule has 1 N–H and O–H groups in total. The van der Waals surface area contributed by atoms with Crippen molar-refractivity contribution < 1.29 is 27.6 Å². The van der Waals surface area contributed by atoms with E-state index in [0.29, 0.717) is 12.2 Å². The molecule has 9 heteroatoms. The summed E-state index contributed by atoms with van der Waals surface area (Å²) in [5, 5.41) is 1.56. The minimum atomic E-state index is -5.04. The van der Waals surface area contributed by atoms with Crippen LogP contribution in [0.4, 0.5) is 23.7 Å². The predicted octanol–water partition coefficient (Wildman–Crippen LogP) is 4.02. The first kappa shape index (κ1) is 23.9. The third-order valence-electron chi connectivity index (χ3n) is 4.47. The van der Waals surface area contributed by atoms with Crippen molar-refractivity contribution in [2.45, 2.75) is 26.1 Å². The fourth-order valence-electron chi connectivity index (χ4n) is 2.86. The molecule has 166 valence electrons.